The molecular formula is C23H17F2N5O2. The average molecular weight is 433 g/mol. The van der Waals surface area contributed by atoms with Crippen LogP contribution in [0.25, 0.3) is 16.7 Å². The zero-order valence-electron chi connectivity index (χ0n) is 17.3. The summed E-state index contributed by atoms with van der Waals surface area (Å²) in [6.45, 7) is 3.93. The predicted octanol–water partition coefficient (Wildman–Crippen LogP) is 3.26. The fourth-order valence-electron chi connectivity index (χ4n) is 3.58. The lowest BCUT2D eigenvalue weighted by Crippen LogP contribution is -2.30. The molecule has 9 heteroatoms. The summed E-state index contributed by atoms with van der Waals surface area (Å²) in [5.41, 5.74) is 0.00137. The van der Waals surface area contributed by atoms with Gasteiger partial charge < -0.3 is 4.57 Å². The van der Waals surface area contributed by atoms with Gasteiger partial charge in [0.05, 0.1) is 10.9 Å². The van der Waals surface area contributed by atoms with E-state index in [-0.39, 0.29) is 34.2 Å². The number of fused-ring (bicyclic) bond motifs is 2. The van der Waals surface area contributed by atoms with Gasteiger partial charge in [0.15, 0.2) is 5.49 Å². The number of aromatic nitrogens is 3. The number of amides is 1. The van der Waals surface area contributed by atoms with E-state index in [9.17, 15) is 23.6 Å². The fourth-order valence-corrected chi connectivity index (χ4v) is 3.58. The molecule has 0 radical (unpaired) electrons. The van der Waals surface area contributed by atoms with Crippen LogP contribution >= 0.6 is 0 Å². The van der Waals surface area contributed by atoms with E-state index in [1.807, 2.05) is 13.0 Å². The third-order valence-corrected chi connectivity index (χ3v) is 5.06. The number of pyridine rings is 2. The Morgan fingerprint density at radius 2 is 1.91 bits per heavy atom. The first kappa shape index (κ1) is 21.1. The Labute approximate surface area is 180 Å². The predicted molar refractivity (Wildman–Crippen MR) is 113 cm³/mol. The van der Waals surface area contributed by atoms with Crippen molar-refractivity contribution < 1.29 is 13.6 Å². The smallest absolute Gasteiger partial charge is 0.284 e. The monoisotopic (exact) mass is 433 g/mol. The molecule has 0 aliphatic rings. The van der Waals surface area contributed by atoms with Gasteiger partial charge in [-0.3, -0.25) is 14.0 Å². The number of nitriles is 1. The van der Waals surface area contributed by atoms with Gasteiger partial charge in [-0.25, -0.2) is 13.8 Å². The van der Waals surface area contributed by atoms with Gasteiger partial charge in [0.25, 0.3) is 11.5 Å². The summed E-state index contributed by atoms with van der Waals surface area (Å²) in [7, 11) is 0. The van der Waals surface area contributed by atoms with Crippen molar-refractivity contribution in [2.24, 2.45) is 4.99 Å². The standard InChI is InChI=1S/C23H17F2N5O2/c1-3-9-29-20(28-22(31)18-16(24)7-4-8-17(18)25)14(12-26)11-15-21(29)27-19-13(2)6-5-10-30(19)23(15)32/h4-8,10-11H,3,9H2,1-2H3. The first-order valence-corrected chi connectivity index (χ1v) is 9.86. The third-order valence-electron chi connectivity index (χ3n) is 5.06. The Morgan fingerprint density at radius 1 is 1.19 bits per heavy atom. The quantitative estimate of drug-likeness (QED) is 0.464. The molecule has 4 aromatic rings. The van der Waals surface area contributed by atoms with E-state index >= 15 is 0 Å². The highest BCUT2D eigenvalue weighted by Crippen LogP contribution is 2.15. The van der Waals surface area contributed by atoms with Crippen molar-refractivity contribution in [3.8, 4) is 6.07 Å². The van der Waals surface area contributed by atoms with Crippen LogP contribution in [0.15, 0.2) is 52.4 Å². The number of rotatable bonds is 3. The van der Waals surface area contributed by atoms with Crippen molar-refractivity contribution in [2.75, 3.05) is 0 Å². The summed E-state index contributed by atoms with van der Waals surface area (Å²) < 4.78 is 31.1. The molecule has 0 spiro atoms. The maximum atomic E-state index is 14.1. The second kappa shape index (κ2) is 8.15. The van der Waals surface area contributed by atoms with E-state index in [0.29, 0.717) is 12.1 Å². The topological polar surface area (TPSA) is 92.5 Å². The van der Waals surface area contributed by atoms with E-state index in [0.717, 1.165) is 23.8 Å². The second-order valence-electron chi connectivity index (χ2n) is 7.20. The molecule has 0 atom stereocenters. The van der Waals surface area contributed by atoms with Gasteiger partial charge in [-0.05, 0) is 43.2 Å². The van der Waals surface area contributed by atoms with Gasteiger partial charge in [-0.1, -0.05) is 19.1 Å². The van der Waals surface area contributed by atoms with E-state index in [2.05, 4.69) is 9.98 Å². The number of hydrogen-bond acceptors (Lipinski definition) is 4. The molecule has 7 nitrogen and oxygen atoms in total. The number of carbonyl (C=O) groups is 1. The van der Waals surface area contributed by atoms with Crippen LogP contribution in [0.2, 0.25) is 0 Å². The van der Waals surface area contributed by atoms with Gasteiger partial charge in [0.1, 0.15) is 34.6 Å². The zero-order chi connectivity index (χ0) is 23.0. The van der Waals surface area contributed by atoms with Crippen LogP contribution in [0, 0.1) is 29.9 Å². The highest BCUT2D eigenvalue weighted by atomic mass is 19.1. The van der Waals surface area contributed by atoms with Crippen molar-refractivity contribution in [1.82, 2.24) is 14.0 Å². The van der Waals surface area contributed by atoms with Crippen molar-refractivity contribution in [2.45, 2.75) is 26.8 Å². The van der Waals surface area contributed by atoms with Gasteiger partial charge >= 0.3 is 0 Å². The van der Waals surface area contributed by atoms with Crippen LogP contribution in [-0.4, -0.2) is 19.9 Å². The van der Waals surface area contributed by atoms with Crippen LogP contribution in [0.5, 0.6) is 0 Å². The summed E-state index contributed by atoms with van der Waals surface area (Å²) >= 11 is 0. The van der Waals surface area contributed by atoms with E-state index in [1.165, 1.54) is 15.0 Å². The summed E-state index contributed by atoms with van der Waals surface area (Å²) in [6.07, 6.45) is 2.14. The minimum atomic E-state index is -1.17. The Balaban J connectivity index is 2.14. The van der Waals surface area contributed by atoms with Crippen molar-refractivity contribution >= 4 is 22.6 Å². The Bertz CT molecular complexity index is 1560. The second-order valence-corrected chi connectivity index (χ2v) is 7.20. The highest BCUT2D eigenvalue weighted by Gasteiger charge is 2.19. The van der Waals surface area contributed by atoms with Gasteiger partial charge in [0, 0.05) is 12.7 Å². The van der Waals surface area contributed by atoms with Crippen molar-refractivity contribution in [3.63, 3.8) is 0 Å². The lowest BCUT2D eigenvalue weighted by Gasteiger charge is -2.13. The Kier molecular flexibility index (Phi) is 5.36. The SMILES string of the molecule is CCCn1c(=NC(=O)c2c(F)cccc2F)c(C#N)cc2c(=O)n3cccc(C)c3nc21. The molecular weight excluding hydrogens is 416 g/mol. The molecule has 1 aromatic carbocycles. The Morgan fingerprint density at radius 3 is 2.56 bits per heavy atom. The first-order chi connectivity index (χ1) is 15.4. The molecule has 3 aromatic heterocycles. The number of aryl methyl sites for hydroxylation is 2. The van der Waals surface area contributed by atoms with Gasteiger partial charge in [-0.15, -0.1) is 0 Å². The zero-order valence-corrected chi connectivity index (χ0v) is 17.3. The molecule has 0 aliphatic carbocycles. The van der Waals surface area contributed by atoms with Crippen molar-refractivity contribution in [1.29, 1.82) is 5.26 Å². The number of nitrogens with zero attached hydrogens (tertiary/aromatic N) is 5. The van der Waals surface area contributed by atoms with Crippen LogP contribution in [0.3, 0.4) is 0 Å². The fraction of sp³-hybridized carbons (Fsp3) is 0.174. The highest BCUT2D eigenvalue weighted by molar-refractivity contribution is 5.95. The molecule has 0 aliphatic heterocycles. The number of hydrogen-bond donors (Lipinski definition) is 0. The molecule has 0 N–H and O–H groups in total. The van der Waals surface area contributed by atoms with Crippen molar-refractivity contribution in [3.05, 3.63) is 86.8 Å². The molecule has 0 saturated heterocycles. The lowest BCUT2D eigenvalue weighted by molar-refractivity contribution is 0.0989. The maximum Gasteiger partial charge on any atom is 0.284 e. The molecule has 0 bridgehead atoms. The molecule has 4 rings (SSSR count). The van der Waals surface area contributed by atoms with Crippen LogP contribution in [0.4, 0.5) is 8.78 Å². The number of benzene rings is 1. The van der Waals surface area contributed by atoms with Crippen LogP contribution in [0.1, 0.15) is 34.8 Å². The Hall–Kier alpha value is -4.19. The molecule has 32 heavy (non-hydrogen) atoms. The largest absolute Gasteiger partial charge is 0.309 e. The number of carbonyl (C=O) groups excluding carboxylic acids is 1. The third kappa shape index (κ3) is 3.36. The molecule has 0 fully saturated rings. The molecule has 160 valence electrons. The minimum absolute atomic E-state index is 0.0810. The lowest BCUT2D eigenvalue weighted by atomic mass is 10.2. The van der Waals surface area contributed by atoms with Gasteiger partial charge in [0.2, 0.25) is 0 Å². The van der Waals surface area contributed by atoms with Crippen LogP contribution in [-0.2, 0) is 6.54 Å². The average Bonchev–Trinajstić information content (AvgIpc) is 2.76. The van der Waals surface area contributed by atoms with E-state index < -0.39 is 23.1 Å². The summed E-state index contributed by atoms with van der Waals surface area (Å²) in [5, 5.41) is 9.87. The molecule has 0 unspecified atom stereocenters. The van der Waals surface area contributed by atoms with Gasteiger partial charge in [-0.2, -0.15) is 10.3 Å². The summed E-state index contributed by atoms with van der Waals surface area (Å²) in [6, 6.07) is 9.79. The normalized spacial score (nSPS) is 11.8. The minimum Gasteiger partial charge on any atom is -0.309 e. The van der Waals surface area contributed by atoms with E-state index in [1.54, 1.807) is 25.3 Å². The first-order valence-electron chi connectivity index (χ1n) is 9.86. The molecule has 0 saturated carbocycles. The molecule has 1 amide bonds. The molecule has 3 heterocycles. The number of halogens is 2. The van der Waals surface area contributed by atoms with Crippen LogP contribution < -0.4 is 11.0 Å². The maximum absolute atomic E-state index is 14.1. The van der Waals surface area contributed by atoms with E-state index in [4.69, 9.17) is 0 Å². The summed E-state index contributed by atoms with van der Waals surface area (Å²) in [5.74, 6) is -3.29. The summed E-state index contributed by atoms with van der Waals surface area (Å²) in [4.78, 5) is 34.3.